The Balaban J connectivity index is 1.63. The van der Waals surface area contributed by atoms with Crippen LogP contribution >= 0.6 is 0 Å². The number of nitrogens with one attached hydrogen (secondary N) is 1. The molecule has 4 nitrogen and oxygen atoms in total. The van der Waals surface area contributed by atoms with Gasteiger partial charge in [-0.15, -0.1) is 0 Å². The molecule has 132 valence electrons. The summed E-state index contributed by atoms with van der Waals surface area (Å²) in [6, 6.07) is 4.29. The van der Waals surface area contributed by atoms with Gasteiger partial charge in [0.25, 0.3) is 0 Å². The van der Waals surface area contributed by atoms with Gasteiger partial charge in [-0.25, -0.2) is 8.78 Å². The van der Waals surface area contributed by atoms with E-state index in [2.05, 4.69) is 15.2 Å². The average molecular weight is 337 g/mol. The summed E-state index contributed by atoms with van der Waals surface area (Å²) in [4.78, 5) is 6.88. The zero-order valence-corrected chi connectivity index (χ0v) is 14.2. The molecule has 3 rings (SSSR count). The summed E-state index contributed by atoms with van der Waals surface area (Å²) in [5.74, 6) is -0.704. The number of hydrogen-bond donors (Lipinski definition) is 1. The molecule has 2 fully saturated rings. The minimum atomic E-state index is -0.800. The highest BCUT2D eigenvalue weighted by Gasteiger charge is 2.42. The molecule has 1 N–H and O–H groups in total. The number of ether oxygens (including phenoxy) is 1. The van der Waals surface area contributed by atoms with Crippen molar-refractivity contribution in [3.05, 3.63) is 35.4 Å². The van der Waals surface area contributed by atoms with E-state index < -0.39 is 11.6 Å². The highest BCUT2D eigenvalue weighted by Crippen LogP contribution is 2.38. The zero-order chi connectivity index (χ0) is 17.0. The summed E-state index contributed by atoms with van der Waals surface area (Å²) in [5, 5.41) is 3.31. The fourth-order valence-corrected chi connectivity index (χ4v) is 3.54. The van der Waals surface area contributed by atoms with Crippen LogP contribution in [0.1, 0.15) is 25.3 Å². The number of nitrogens with zero attached hydrogens (tertiary/aromatic N) is 2. The van der Waals surface area contributed by atoms with Crippen LogP contribution in [0.4, 0.5) is 8.78 Å². The summed E-state index contributed by atoms with van der Waals surface area (Å²) in [5.41, 5.74) is 0.641. The van der Waals surface area contributed by atoms with E-state index in [0.717, 1.165) is 57.7 Å². The second-order valence-corrected chi connectivity index (χ2v) is 6.67. The van der Waals surface area contributed by atoms with Crippen LogP contribution in [0.15, 0.2) is 23.2 Å². The third-order valence-corrected chi connectivity index (χ3v) is 4.93. The van der Waals surface area contributed by atoms with Crippen LogP contribution < -0.4 is 5.32 Å². The van der Waals surface area contributed by atoms with Gasteiger partial charge in [0.05, 0.1) is 6.61 Å². The molecule has 24 heavy (non-hydrogen) atoms. The normalized spacial score (nSPS) is 24.1. The van der Waals surface area contributed by atoms with Crippen molar-refractivity contribution in [2.24, 2.45) is 10.4 Å². The summed E-state index contributed by atoms with van der Waals surface area (Å²) < 4.78 is 32.5. The van der Waals surface area contributed by atoms with Crippen LogP contribution in [0.3, 0.4) is 0 Å². The Labute approximate surface area is 141 Å². The molecule has 1 unspecified atom stereocenters. The van der Waals surface area contributed by atoms with E-state index in [1.54, 1.807) is 6.07 Å². The largest absolute Gasteiger partial charge is 0.381 e. The molecule has 2 saturated heterocycles. The number of halogens is 2. The quantitative estimate of drug-likeness (QED) is 0.678. The first-order chi connectivity index (χ1) is 11.6. The minimum Gasteiger partial charge on any atom is -0.381 e. The molecule has 0 saturated carbocycles. The second kappa shape index (κ2) is 7.47. The predicted octanol–water partition coefficient (Wildman–Crippen LogP) is 2.59. The highest BCUT2D eigenvalue weighted by molar-refractivity contribution is 5.80. The lowest BCUT2D eigenvalue weighted by Gasteiger charge is -2.25. The van der Waals surface area contributed by atoms with E-state index in [1.165, 1.54) is 6.07 Å². The molecular weight excluding hydrogens is 312 g/mol. The minimum absolute atomic E-state index is 0.269. The number of aliphatic imine (C=N–C) groups is 1. The molecule has 0 radical (unpaired) electrons. The highest BCUT2D eigenvalue weighted by atomic mass is 19.2. The van der Waals surface area contributed by atoms with Gasteiger partial charge < -0.3 is 15.0 Å². The van der Waals surface area contributed by atoms with Crippen LogP contribution in [-0.2, 0) is 11.2 Å². The monoisotopic (exact) mass is 337 g/mol. The van der Waals surface area contributed by atoms with Gasteiger partial charge in [0.2, 0.25) is 0 Å². The predicted molar refractivity (Wildman–Crippen MR) is 90.1 cm³/mol. The molecule has 1 spiro atoms. The van der Waals surface area contributed by atoms with E-state index in [4.69, 9.17) is 4.74 Å². The molecule has 0 aliphatic carbocycles. The van der Waals surface area contributed by atoms with Gasteiger partial charge in [0.15, 0.2) is 17.6 Å². The van der Waals surface area contributed by atoms with Crippen LogP contribution in [0.5, 0.6) is 0 Å². The molecule has 1 aromatic rings. The molecule has 0 bridgehead atoms. The number of guanidine groups is 1. The topological polar surface area (TPSA) is 36.9 Å². The zero-order valence-electron chi connectivity index (χ0n) is 14.2. The van der Waals surface area contributed by atoms with E-state index in [-0.39, 0.29) is 5.41 Å². The Morgan fingerprint density at radius 3 is 3.00 bits per heavy atom. The molecule has 6 heteroatoms. The molecule has 0 aromatic heterocycles. The number of likely N-dealkylation sites (tertiary alicyclic amines) is 1. The van der Waals surface area contributed by atoms with Crippen molar-refractivity contribution < 1.29 is 13.5 Å². The third kappa shape index (κ3) is 3.69. The standard InChI is InChI=1S/C18H25F2N3O/c1-2-21-17(23-10-7-18(12-23)8-11-24-13-18)22-9-6-14-4-3-5-15(19)16(14)20/h3-5H,2,6-13H2,1H3,(H,21,22). The Morgan fingerprint density at radius 1 is 1.38 bits per heavy atom. The van der Waals surface area contributed by atoms with Crippen molar-refractivity contribution in [2.45, 2.75) is 26.2 Å². The first-order valence-corrected chi connectivity index (χ1v) is 8.67. The van der Waals surface area contributed by atoms with Gasteiger partial charge in [0.1, 0.15) is 0 Å². The Bertz CT molecular complexity index is 600. The Kier molecular flexibility index (Phi) is 5.33. The van der Waals surface area contributed by atoms with Crippen molar-refractivity contribution in [2.75, 3.05) is 39.4 Å². The average Bonchev–Trinajstić information content (AvgIpc) is 3.21. The van der Waals surface area contributed by atoms with E-state index in [9.17, 15) is 8.78 Å². The number of hydrogen-bond acceptors (Lipinski definition) is 2. The van der Waals surface area contributed by atoms with E-state index in [1.807, 2.05) is 6.92 Å². The maximum Gasteiger partial charge on any atom is 0.193 e. The van der Waals surface area contributed by atoms with Crippen molar-refractivity contribution in [1.29, 1.82) is 0 Å². The maximum absolute atomic E-state index is 13.7. The molecule has 2 aliphatic rings. The van der Waals surface area contributed by atoms with Gasteiger partial charge in [-0.05, 0) is 37.8 Å². The fourth-order valence-electron chi connectivity index (χ4n) is 3.54. The smallest absolute Gasteiger partial charge is 0.193 e. The van der Waals surface area contributed by atoms with E-state index in [0.29, 0.717) is 18.5 Å². The van der Waals surface area contributed by atoms with Gasteiger partial charge in [-0.3, -0.25) is 4.99 Å². The Hall–Kier alpha value is -1.69. The number of benzene rings is 1. The lowest BCUT2D eigenvalue weighted by Crippen LogP contribution is -2.41. The molecule has 1 aromatic carbocycles. The van der Waals surface area contributed by atoms with Crippen molar-refractivity contribution in [3.8, 4) is 0 Å². The number of rotatable bonds is 4. The lowest BCUT2D eigenvalue weighted by molar-refractivity contribution is 0.156. The fraction of sp³-hybridized carbons (Fsp3) is 0.611. The van der Waals surface area contributed by atoms with Crippen LogP contribution in [0.25, 0.3) is 0 Å². The first kappa shape index (κ1) is 17.1. The SMILES string of the molecule is CCNC(=NCCc1cccc(F)c1F)N1CCC2(CCOC2)C1. The summed E-state index contributed by atoms with van der Waals surface area (Å²) in [6.45, 7) is 6.84. The van der Waals surface area contributed by atoms with Crippen LogP contribution in [-0.4, -0.2) is 50.3 Å². The van der Waals surface area contributed by atoms with Crippen LogP contribution in [0.2, 0.25) is 0 Å². The van der Waals surface area contributed by atoms with Crippen LogP contribution in [0, 0.1) is 17.0 Å². The van der Waals surface area contributed by atoms with E-state index >= 15 is 0 Å². The molecule has 1 atom stereocenters. The third-order valence-electron chi connectivity index (χ3n) is 4.93. The van der Waals surface area contributed by atoms with Crippen molar-refractivity contribution in [1.82, 2.24) is 10.2 Å². The molecule has 0 amide bonds. The van der Waals surface area contributed by atoms with Gasteiger partial charge >= 0.3 is 0 Å². The van der Waals surface area contributed by atoms with Crippen molar-refractivity contribution >= 4 is 5.96 Å². The van der Waals surface area contributed by atoms with Gasteiger partial charge in [0, 0.05) is 38.2 Å². The Morgan fingerprint density at radius 2 is 2.25 bits per heavy atom. The van der Waals surface area contributed by atoms with Crippen molar-refractivity contribution in [3.63, 3.8) is 0 Å². The lowest BCUT2D eigenvalue weighted by atomic mass is 9.87. The molecular formula is C18H25F2N3O. The summed E-state index contributed by atoms with van der Waals surface area (Å²) >= 11 is 0. The maximum atomic E-state index is 13.7. The molecule has 2 heterocycles. The molecule has 2 aliphatic heterocycles. The van der Waals surface area contributed by atoms with Gasteiger partial charge in [-0.2, -0.15) is 0 Å². The van der Waals surface area contributed by atoms with Gasteiger partial charge in [-0.1, -0.05) is 12.1 Å². The first-order valence-electron chi connectivity index (χ1n) is 8.67. The summed E-state index contributed by atoms with van der Waals surface area (Å²) in [6.07, 6.45) is 2.62. The second-order valence-electron chi connectivity index (χ2n) is 6.67. The summed E-state index contributed by atoms with van der Waals surface area (Å²) in [7, 11) is 0.